The molecule has 0 saturated heterocycles. The van der Waals surface area contributed by atoms with Crippen LogP contribution in [0.3, 0.4) is 0 Å². The number of thioether (sulfide) groups is 1. The Morgan fingerprint density at radius 3 is 2.65 bits per heavy atom. The predicted octanol–water partition coefficient (Wildman–Crippen LogP) is 3.38. The second-order valence-corrected chi connectivity index (χ2v) is 9.78. The van der Waals surface area contributed by atoms with Crippen LogP contribution in [0.1, 0.15) is 13.8 Å². The lowest BCUT2D eigenvalue weighted by molar-refractivity contribution is -0.384. The van der Waals surface area contributed by atoms with E-state index in [1.807, 2.05) is 11.5 Å². The number of aryl methyl sites for hydroxylation is 1. The highest BCUT2D eigenvalue weighted by atomic mass is 35.5. The van der Waals surface area contributed by atoms with Crippen molar-refractivity contribution < 1.29 is 18.1 Å². The van der Waals surface area contributed by atoms with Gasteiger partial charge in [-0.2, -0.15) is 0 Å². The Kier molecular flexibility index (Phi) is 6.55. The van der Waals surface area contributed by atoms with Crippen molar-refractivity contribution in [2.24, 2.45) is 5.14 Å². The number of non-ortho nitro benzene ring substituents is 1. The summed E-state index contributed by atoms with van der Waals surface area (Å²) in [4.78, 5) is 27.3. The fourth-order valence-electron chi connectivity index (χ4n) is 2.82. The van der Waals surface area contributed by atoms with E-state index in [0.29, 0.717) is 22.7 Å². The van der Waals surface area contributed by atoms with Gasteiger partial charge in [-0.3, -0.25) is 14.9 Å². The third kappa shape index (κ3) is 4.98. The first-order valence-electron chi connectivity index (χ1n) is 8.95. The molecule has 1 aromatic heterocycles. The zero-order valence-electron chi connectivity index (χ0n) is 16.4. The zero-order chi connectivity index (χ0) is 22.9. The molecule has 164 valence electrons. The first kappa shape index (κ1) is 23.0. The molecule has 13 heteroatoms. The number of amides is 1. The Bertz CT molecular complexity index is 1290. The molecular formula is C18H18ClN5O5S2. The van der Waals surface area contributed by atoms with Crippen molar-refractivity contribution in [3.63, 3.8) is 0 Å². The Labute approximate surface area is 187 Å². The molecule has 10 nitrogen and oxygen atoms in total. The Balaban J connectivity index is 1.83. The number of hydrogen-bond acceptors (Lipinski definition) is 7. The number of sulfonamides is 1. The molecule has 0 aliphatic heterocycles. The van der Waals surface area contributed by atoms with Gasteiger partial charge < -0.3 is 9.88 Å². The third-order valence-corrected chi connectivity index (χ3v) is 6.72. The van der Waals surface area contributed by atoms with Gasteiger partial charge in [0, 0.05) is 18.7 Å². The molecule has 0 aliphatic rings. The van der Waals surface area contributed by atoms with E-state index >= 15 is 0 Å². The molecular weight excluding hydrogens is 466 g/mol. The van der Waals surface area contributed by atoms with Gasteiger partial charge in [0.05, 0.1) is 36.8 Å². The number of halogens is 1. The summed E-state index contributed by atoms with van der Waals surface area (Å²) in [6.45, 7) is 4.13. The van der Waals surface area contributed by atoms with Crippen LogP contribution in [0.5, 0.6) is 0 Å². The normalized spacial score (nSPS) is 12.6. The number of primary sulfonamides is 1. The van der Waals surface area contributed by atoms with Crippen molar-refractivity contribution in [3.05, 3.63) is 51.5 Å². The first-order valence-corrected chi connectivity index (χ1v) is 11.8. The lowest BCUT2D eigenvalue weighted by Gasteiger charge is -2.13. The van der Waals surface area contributed by atoms with Crippen molar-refractivity contribution in [1.29, 1.82) is 0 Å². The second-order valence-electron chi connectivity index (χ2n) is 6.50. The number of nitrogens with one attached hydrogen (secondary N) is 1. The fraction of sp³-hybridized carbons (Fsp3) is 0.222. The van der Waals surface area contributed by atoms with E-state index in [1.165, 1.54) is 36.0 Å². The number of carbonyl (C=O) groups excluding carboxylic acids is 1. The lowest BCUT2D eigenvalue weighted by atomic mass is 10.2. The first-order chi connectivity index (χ1) is 14.5. The number of anilines is 1. The smallest absolute Gasteiger partial charge is 0.271 e. The molecule has 0 saturated carbocycles. The molecule has 3 rings (SSSR count). The summed E-state index contributed by atoms with van der Waals surface area (Å²) in [5, 5.41) is 18.6. The average Bonchev–Trinajstić information content (AvgIpc) is 3.04. The lowest BCUT2D eigenvalue weighted by Crippen LogP contribution is -2.23. The number of nitro benzene ring substituents is 1. The minimum absolute atomic E-state index is 0.0455. The van der Waals surface area contributed by atoms with Gasteiger partial charge in [-0.1, -0.05) is 23.4 Å². The monoisotopic (exact) mass is 483 g/mol. The van der Waals surface area contributed by atoms with Crippen LogP contribution < -0.4 is 10.5 Å². The van der Waals surface area contributed by atoms with Crippen LogP contribution in [0.4, 0.5) is 11.4 Å². The topological polar surface area (TPSA) is 150 Å². The zero-order valence-corrected chi connectivity index (χ0v) is 18.8. The number of nitrogens with two attached hydrogens (primary N) is 1. The number of aromatic nitrogens is 2. The van der Waals surface area contributed by atoms with Gasteiger partial charge in [-0.25, -0.2) is 18.5 Å². The Hall–Kier alpha value is -2.67. The van der Waals surface area contributed by atoms with Crippen LogP contribution in [0.2, 0.25) is 5.02 Å². The summed E-state index contributed by atoms with van der Waals surface area (Å²) in [7, 11) is -3.86. The number of nitrogens with zero attached hydrogens (tertiary/aromatic N) is 3. The summed E-state index contributed by atoms with van der Waals surface area (Å²) in [6, 6.07) is 8.20. The SMILES string of the molecule is CCn1c(SC(C)C(=O)Nc2ccc([N+](=O)[O-])cc2Cl)nc2cc(S(N)(=O)=O)ccc21. The second kappa shape index (κ2) is 8.83. The maximum absolute atomic E-state index is 12.6. The van der Waals surface area contributed by atoms with Gasteiger partial charge in [-0.05, 0) is 38.1 Å². The molecule has 1 heterocycles. The fourth-order valence-corrected chi connectivity index (χ4v) is 4.57. The summed E-state index contributed by atoms with van der Waals surface area (Å²) in [6.07, 6.45) is 0. The number of benzene rings is 2. The third-order valence-electron chi connectivity index (χ3n) is 4.40. The van der Waals surface area contributed by atoms with Gasteiger partial charge >= 0.3 is 0 Å². The van der Waals surface area contributed by atoms with Crippen LogP contribution in [-0.2, 0) is 21.4 Å². The molecule has 0 fully saturated rings. The van der Waals surface area contributed by atoms with E-state index in [1.54, 1.807) is 13.0 Å². The molecule has 0 aliphatic carbocycles. The number of hydrogen-bond donors (Lipinski definition) is 2. The van der Waals surface area contributed by atoms with Crippen molar-refractivity contribution >= 4 is 61.7 Å². The van der Waals surface area contributed by atoms with Crippen LogP contribution in [0.15, 0.2) is 46.5 Å². The molecule has 31 heavy (non-hydrogen) atoms. The minimum Gasteiger partial charge on any atom is -0.324 e. The van der Waals surface area contributed by atoms with Crippen molar-refractivity contribution in [1.82, 2.24) is 9.55 Å². The molecule has 0 spiro atoms. The van der Waals surface area contributed by atoms with Crippen molar-refractivity contribution in [3.8, 4) is 0 Å². The Morgan fingerprint density at radius 1 is 1.35 bits per heavy atom. The van der Waals surface area contributed by atoms with E-state index in [2.05, 4.69) is 10.3 Å². The molecule has 3 aromatic rings. The highest BCUT2D eigenvalue weighted by molar-refractivity contribution is 8.00. The van der Waals surface area contributed by atoms with Crippen molar-refractivity contribution in [2.75, 3.05) is 5.32 Å². The van der Waals surface area contributed by atoms with E-state index in [4.69, 9.17) is 16.7 Å². The highest BCUT2D eigenvalue weighted by Gasteiger charge is 2.21. The Morgan fingerprint density at radius 2 is 2.06 bits per heavy atom. The summed E-state index contributed by atoms with van der Waals surface area (Å²) < 4.78 is 25.1. The van der Waals surface area contributed by atoms with E-state index in [0.717, 1.165) is 6.07 Å². The van der Waals surface area contributed by atoms with Gasteiger partial charge in [0.25, 0.3) is 5.69 Å². The van der Waals surface area contributed by atoms with E-state index in [9.17, 15) is 23.3 Å². The van der Waals surface area contributed by atoms with Crippen LogP contribution in [-0.4, -0.2) is 34.0 Å². The molecule has 1 amide bonds. The van der Waals surface area contributed by atoms with E-state index < -0.39 is 20.2 Å². The van der Waals surface area contributed by atoms with Crippen LogP contribution in [0, 0.1) is 10.1 Å². The average molecular weight is 484 g/mol. The molecule has 1 unspecified atom stereocenters. The van der Waals surface area contributed by atoms with Gasteiger partial charge in [-0.15, -0.1) is 0 Å². The van der Waals surface area contributed by atoms with Gasteiger partial charge in [0.2, 0.25) is 15.9 Å². The summed E-state index contributed by atoms with van der Waals surface area (Å²) >= 11 is 7.22. The predicted molar refractivity (Wildman–Crippen MR) is 119 cm³/mol. The van der Waals surface area contributed by atoms with Gasteiger partial charge in [0.1, 0.15) is 0 Å². The standard InChI is InChI=1S/C18H18ClN5O5S2/c1-3-23-16-7-5-12(31(20,28)29)9-15(16)22-18(23)30-10(2)17(25)21-14-6-4-11(24(26)27)8-13(14)19/h4-10H,3H2,1-2H3,(H,21,25)(H2,20,28,29). The number of carbonyl (C=O) groups is 1. The van der Waals surface area contributed by atoms with Crippen molar-refractivity contribution in [2.45, 2.75) is 35.7 Å². The maximum atomic E-state index is 12.6. The number of rotatable bonds is 7. The summed E-state index contributed by atoms with van der Waals surface area (Å²) in [5.41, 5.74) is 1.23. The molecule has 3 N–H and O–H groups in total. The molecule has 2 aromatic carbocycles. The minimum atomic E-state index is -3.86. The quantitative estimate of drug-likeness (QED) is 0.297. The van der Waals surface area contributed by atoms with E-state index in [-0.39, 0.29) is 27.2 Å². The molecule has 1 atom stereocenters. The van der Waals surface area contributed by atoms with Crippen LogP contribution in [0.25, 0.3) is 11.0 Å². The molecule has 0 bridgehead atoms. The summed E-state index contributed by atoms with van der Waals surface area (Å²) in [5.74, 6) is -0.374. The highest BCUT2D eigenvalue weighted by Crippen LogP contribution is 2.31. The largest absolute Gasteiger partial charge is 0.324 e. The van der Waals surface area contributed by atoms with Crippen LogP contribution >= 0.6 is 23.4 Å². The number of imidazole rings is 1. The van der Waals surface area contributed by atoms with Gasteiger partial charge in [0.15, 0.2) is 5.16 Å². The number of fused-ring (bicyclic) bond motifs is 1. The number of nitro groups is 1. The maximum Gasteiger partial charge on any atom is 0.271 e. The molecule has 0 radical (unpaired) electrons.